The van der Waals surface area contributed by atoms with Gasteiger partial charge >= 0.3 is 0 Å². The summed E-state index contributed by atoms with van der Waals surface area (Å²) in [4.78, 5) is 0. The summed E-state index contributed by atoms with van der Waals surface area (Å²) in [6.07, 6.45) is 10.3. The molecule has 1 aromatic carbocycles. The third-order valence-electron chi connectivity index (χ3n) is 4.09. The van der Waals surface area contributed by atoms with Crippen molar-refractivity contribution < 1.29 is 4.74 Å². The standard InChI is InChI=1S/C16H16N2O/c17-18-10-13-6-1-3-7-14(13)16(11-18)9-12-5-2-4-8-15(12)19-16/h1-5,7-8,10H,6,9,11,17H2. The van der Waals surface area contributed by atoms with Gasteiger partial charge in [-0.25, -0.2) is 5.84 Å². The van der Waals surface area contributed by atoms with E-state index in [1.165, 1.54) is 16.7 Å². The molecule has 2 aliphatic heterocycles. The van der Waals surface area contributed by atoms with Crippen LogP contribution in [0.1, 0.15) is 12.0 Å². The van der Waals surface area contributed by atoms with Crippen molar-refractivity contribution in [3.8, 4) is 5.75 Å². The fourth-order valence-corrected chi connectivity index (χ4v) is 3.31. The van der Waals surface area contributed by atoms with Gasteiger partial charge in [0.25, 0.3) is 0 Å². The van der Waals surface area contributed by atoms with Crippen LogP contribution >= 0.6 is 0 Å². The van der Waals surface area contributed by atoms with Crippen molar-refractivity contribution in [3.63, 3.8) is 0 Å². The predicted molar refractivity (Wildman–Crippen MR) is 74.3 cm³/mol. The molecule has 19 heavy (non-hydrogen) atoms. The Kier molecular flexibility index (Phi) is 2.15. The largest absolute Gasteiger partial charge is 0.480 e. The van der Waals surface area contributed by atoms with Crippen LogP contribution < -0.4 is 10.6 Å². The number of rotatable bonds is 0. The van der Waals surface area contributed by atoms with Crippen molar-refractivity contribution in [1.29, 1.82) is 0 Å². The molecule has 1 atom stereocenters. The molecule has 0 radical (unpaired) electrons. The Morgan fingerprint density at radius 1 is 1.26 bits per heavy atom. The lowest BCUT2D eigenvalue weighted by molar-refractivity contribution is 0.0902. The van der Waals surface area contributed by atoms with E-state index in [1.807, 2.05) is 18.3 Å². The second-order valence-electron chi connectivity index (χ2n) is 5.42. The third-order valence-corrected chi connectivity index (χ3v) is 4.09. The summed E-state index contributed by atoms with van der Waals surface area (Å²) in [6, 6.07) is 8.27. The highest BCUT2D eigenvalue weighted by molar-refractivity contribution is 5.53. The van der Waals surface area contributed by atoms with Gasteiger partial charge in [-0.2, -0.15) is 0 Å². The first kappa shape index (κ1) is 10.9. The highest BCUT2D eigenvalue weighted by Gasteiger charge is 2.46. The van der Waals surface area contributed by atoms with Crippen LogP contribution in [0.15, 0.2) is 59.8 Å². The lowest BCUT2D eigenvalue weighted by atomic mass is 9.79. The summed E-state index contributed by atoms with van der Waals surface area (Å²) in [5.41, 5.74) is 3.51. The number of allylic oxidation sites excluding steroid dienone is 3. The Bertz CT molecular complexity index is 602. The second kappa shape index (κ2) is 3.75. The van der Waals surface area contributed by atoms with Crippen molar-refractivity contribution in [2.75, 3.05) is 6.54 Å². The smallest absolute Gasteiger partial charge is 0.157 e. The molecular formula is C16H16N2O. The molecule has 1 aromatic rings. The lowest BCUT2D eigenvalue weighted by Crippen LogP contribution is -2.52. The van der Waals surface area contributed by atoms with Gasteiger partial charge < -0.3 is 9.75 Å². The fourth-order valence-electron chi connectivity index (χ4n) is 3.31. The summed E-state index contributed by atoms with van der Waals surface area (Å²) >= 11 is 0. The van der Waals surface area contributed by atoms with E-state index in [4.69, 9.17) is 10.6 Å². The number of hydrogen-bond acceptors (Lipinski definition) is 3. The predicted octanol–water partition coefficient (Wildman–Crippen LogP) is 2.32. The van der Waals surface area contributed by atoms with Crippen LogP contribution in [0.5, 0.6) is 5.75 Å². The van der Waals surface area contributed by atoms with E-state index >= 15 is 0 Å². The van der Waals surface area contributed by atoms with Crippen molar-refractivity contribution in [1.82, 2.24) is 5.01 Å². The molecule has 0 saturated carbocycles. The minimum Gasteiger partial charge on any atom is -0.480 e. The van der Waals surface area contributed by atoms with E-state index in [-0.39, 0.29) is 5.60 Å². The summed E-state index contributed by atoms with van der Waals surface area (Å²) in [5.74, 6) is 7.05. The zero-order valence-corrected chi connectivity index (χ0v) is 10.7. The Morgan fingerprint density at radius 3 is 3.05 bits per heavy atom. The van der Waals surface area contributed by atoms with Crippen molar-refractivity contribution in [2.24, 2.45) is 5.84 Å². The van der Waals surface area contributed by atoms with Crippen molar-refractivity contribution in [3.05, 3.63) is 65.4 Å². The first-order valence-corrected chi connectivity index (χ1v) is 6.63. The molecule has 0 amide bonds. The number of nitrogens with two attached hydrogens (primary N) is 1. The summed E-state index contributed by atoms with van der Waals surface area (Å²) in [5, 5.41) is 1.76. The van der Waals surface area contributed by atoms with Gasteiger partial charge in [-0.1, -0.05) is 36.4 Å². The monoisotopic (exact) mass is 252 g/mol. The number of nitrogens with zero attached hydrogens (tertiary/aromatic N) is 1. The Balaban J connectivity index is 1.82. The topological polar surface area (TPSA) is 38.5 Å². The Labute approximate surface area is 112 Å². The van der Waals surface area contributed by atoms with Crippen LogP contribution in [-0.2, 0) is 6.42 Å². The molecule has 0 bridgehead atoms. The van der Waals surface area contributed by atoms with Crippen LogP contribution in [0.25, 0.3) is 0 Å². The third kappa shape index (κ3) is 1.55. The molecule has 1 unspecified atom stereocenters. The molecule has 0 fully saturated rings. The number of fused-ring (bicyclic) bond motifs is 3. The van der Waals surface area contributed by atoms with Crippen molar-refractivity contribution >= 4 is 0 Å². The van der Waals surface area contributed by atoms with Gasteiger partial charge in [0.2, 0.25) is 0 Å². The van der Waals surface area contributed by atoms with Crippen LogP contribution in [0.3, 0.4) is 0 Å². The molecule has 3 heteroatoms. The van der Waals surface area contributed by atoms with Gasteiger partial charge in [-0.3, -0.25) is 0 Å². The molecule has 3 nitrogen and oxygen atoms in total. The molecule has 0 aromatic heterocycles. The lowest BCUT2D eigenvalue weighted by Gasteiger charge is -2.40. The van der Waals surface area contributed by atoms with Crippen molar-refractivity contribution in [2.45, 2.75) is 18.4 Å². The maximum Gasteiger partial charge on any atom is 0.157 e. The van der Waals surface area contributed by atoms with Gasteiger partial charge in [0.1, 0.15) is 5.75 Å². The van der Waals surface area contributed by atoms with E-state index in [0.29, 0.717) is 6.54 Å². The maximum absolute atomic E-state index is 6.31. The van der Waals surface area contributed by atoms with Gasteiger partial charge in [0.15, 0.2) is 5.60 Å². The van der Waals surface area contributed by atoms with E-state index < -0.39 is 0 Å². The van der Waals surface area contributed by atoms with Gasteiger partial charge in [0.05, 0.1) is 6.54 Å². The van der Waals surface area contributed by atoms with Crippen LogP contribution in [0, 0.1) is 0 Å². The Hall–Kier alpha value is -2.00. The van der Waals surface area contributed by atoms with Crippen LogP contribution in [-0.4, -0.2) is 17.2 Å². The minimum atomic E-state index is -0.312. The van der Waals surface area contributed by atoms with E-state index in [2.05, 4.69) is 30.4 Å². The highest BCUT2D eigenvalue weighted by Crippen LogP contribution is 2.45. The number of hydrazine groups is 1. The Morgan fingerprint density at radius 2 is 2.16 bits per heavy atom. The minimum absolute atomic E-state index is 0.312. The molecule has 3 aliphatic rings. The van der Waals surface area contributed by atoms with Crippen LogP contribution in [0.2, 0.25) is 0 Å². The fraction of sp³-hybridized carbons (Fsp3) is 0.250. The number of hydrogen-bond donors (Lipinski definition) is 1. The second-order valence-corrected chi connectivity index (χ2v) is 5.42. The first-order valence-electron chi connectivity index (χ1n) is 6.63. The van der Waals surface area contributed by atoms with Gasteiger partial charge in [-0.05, 0) is 23.6 Å². The molecule has 0 saturated heterocycles. The van der Waals surface area contributed by atoms with E-state index in [0.717, 1.165) is 18.6 Å². The zero-order valence-electron chi connectivity index (χ0n) is 10.7. The SMILES string of the molecule is NN1C=C2CC=CC=C2C2(Cc3ccccc3O2)C1. The molecule has 96 valence electrons. The van der Waals surface area contributed by atoms with Gasteiger partial charge in [0, 0.05) is 18.2 Å². The quantitative estimate of drug-likeness (QED) is 0.720. The molecular weight excluding hydrogens is 236 g/mol. The maximum atomic E-state index is 6.31. The van der Waals surface area contributed by atoms with Gasteiger partial charge in [-0.15, -0.1) is 0 Å². The summed E-state index contributed by atoms with van der Waals surface area (Å²) in [7, 11) is 0. The molecule has 2 heterocycles. The first-order chi connectivity index (χ1) is 9.27. The molecule has 1 aliphatic carbocycles. The summed E-state index contributed by atoms with van der Waals surface area (Å²) in [6.45, 7) is 0.699. The number of ether oxygens (including phenoxy) is 1. The van der Waals surface area contributed by atoms with E-state index in [1.54, 1.807) is 5.01 Å². The number of para-hydroxylation sites is 1. The van der Waals surface area contributed by atoms with Crippen LogP contribution in [0.4, 0.5) is 0 Å². The summed E-state index contributed by atoms with van der Waals surface area (Å²) < 4.78 is 6.31. The average Bonchev–Trinajstić information content (AvgIpc) is 2.76. The normalized spacial score (nSPS) is 27.5. The average molecular weight is 252 g/mol. The molecule has 4 rings (SSSR count). The molecule has 1 spiro atoms. The zero-order chi connectivity index (χ0) is 12.9. The number of benzene rings is 1. The molecule has 2 N–H and O–H groups in total. The van der Waals surface area contributed by atoms with E-state index in [9.17, 15) is 0 Å². The highest BCUT2D eigenvalue weighted by atomic mass is 16.5.